The fraction of sp³-hybridized carbons (Fsp3) is 0.125. The van der Waals surface area contributed by atoms with Crippen molar-refractivity contribution in [3.8, 4) is 6.07 Å². The number of hydrogen-bond acceptors (Lipinski definition) is 1. The van der Waals surface area contributed by atoms with Crippen LogP contribution in [0.3, 0.4) is 0 Å². The second-order valence-corrected chi connectivity index (χ2v) is 3.14. The van der Waals surface area contributed by atoms with Crippen LogP contribution < -0.4 is 0 Å². The second-order valence-electron chi connectivity index (χ2n) is 2.29. The van der Waals surface area contributed by atoms with Crippen LogP contribution in [0.4, 0.5) is 8.78 Å². The van der Waals surface area contributed by atoms with E-state index in [0.717, 1.165) is 0 Å². The number of benzene rings is 1. The van der Waals surface area contributed by atoms with Crippen LogP contribution in [0.15, 0.2) is 10.5 Å². The number of rotatable bonds is 0. The average molecular weight is 232 g/mol. The molecule has 0 aliphatic heterocycles. The lowest BCUT2D eigenvalue weighted by atomic mass is 10.1. The van der Waals surface area contributed by atoms with E-state index < -0.39 is 17.2 Å². The third-order valence-corrected chi connectivity index (χ3v) is 2.03. The Morgan fingerprint density at radius 1 is 1.42 bits per heavy atom. The largest absolute Gasteiger partial charge is 0.205 e. The van der Waals surface area contributed by atoms with Gasteiger partial charge in [0.1, 0.15) is 17.4 Å². The summed E-state index contributed by atoms with van der Waals surface area (Å²) in [5, 5.41) is 8.40. The van der Waals surface area contributed by atoms with Gasteiger partial charge in [0.05, 0.1) is 4.47 Å². The highest BCUT2D eigenvalue weighted by atomic mass is 79.9. The van der Waals surface area contributed by atoms with Crippen LogP contribution in [0.1, 0.15) is 11.1 Å². The minimum absolute atomic E-state index is 0.109. The van der Waals surface area contributed by atoms with Crippen molar-refractivity contribution in [1.29, 1.82) is 5.26 Å². The van der Waals surface area contributed by atoms with Gasteiger partial charge >= 0.3 is 0 Å². The van der Waals surface area contributed by atoms with Crippen molar-refractivity contribution in [3.05, 3.63) is 33.3 Å². The molecule has 4 heteroatoms. The lowest BCUT2D eigenvalue weighted by Gasteiger charge is -2.01. The second kappa shape index (κ2) is 3.20. The zero-order valence-corrected chi connectivity index (χ0v) is 7.74. The first-order chi connectivity index (χ1) is 5.57. The molecule has 0 bridgehead atoms. The summed E-state index contributed by atoms with van der Waals surface area (Å²) >= 11 is 2.88. The summed E-state index contributed by atoms with van der Waals surface area (Å²) in [4.78, 5) is 0. The van der Waals surface area contributed by atoms with E-state index in [4.69, 9.17) is 5.26 Å². The summed E-state index contributed by atoms with van der Waals surface area (Å²) in [5.41, 5.74) is -0.290. The molecule has 0 amide bonds. The quantitative estimate of drug-likeness (QED) is 0.631. The van der Waals surface area contributed by atoms with Gasteiger partial charge in [-0.2, -0.15) is 5.26 Å². The third kappa shape index (κ3) is 1.32. The van der Waals surface area contributed by atoms with Gasteiger partial charge in [-0.15, -0.1) is 0 Å². The van der Waals surface area contributed by atoms with E-state index in [0.29, 0.717) is 0 Å². The number of halogens is 3. The number of nitriles is 1. The van der Waals surface area contributed by atoms with Gasteiger partial charge in [0, 0.05) is 0 Å². The fourth-order valence-corrected chi connectivity index (χ4v) is 1.37. The molecule has 0 radical (unpaired) electrons. The summed E-state index contributed by atoms with van der Waals surface area (Å²) in [6, 6.07) is 2.76. The molecular weight excluding hydrogens is 228 g/mol. The number of aryl methyl sites for hydroxylation is 1. The molecule has 1 aromatic rings. The Labute approximate surface area is 76.8 Å². The highest BCUT2D eigenvalue weighted by Crippen LogP contribution is 2.23. The van der Waals surface area contributed by atoms with E-state index >= 15 is 0 Å². The fourth-order valence-electron chi connectivity index (χ4n) is 0.828. The standard InChI is InChI=1S/C8H4BrF2N/c1-4-2-6(9)8(11)5(3-12)7(4)10/h2H,1H3. The highest BCUT2D eigenvalue weighted by molar-refractivity contribution is 9.10. The minimum atomic E-state index is -0.847. The number of hydrogen-bond donors (Lipinski definition) is 0. The summed E-state index contributed by atoms with van der Waals surface area (Å²) in [7, 11) is 0. The molecule has 0 unspecified atom stereocenters. The highest BCUT2D eigenvalue weighted by Gasteiger charge is 2.14. The molecule has 0 saturated carbocycles. The Morgan fingerprint density at radius 2 is 2.00 bits per heavy atom. The van der Waals surface area contributed by atoms with Gasteiger partial charge < -0.3 is 0 Å². The van der Waals surface area contributed by atoms with E-state index in [1.165, 1.54) is 19.1 Å². The Kier molecular flexibility index (Phi) is 2.43. The molecule has 0 atom stereocenters. The molecule has 0 aromatic heterocycles. The Morgan fingerprint density at radius 3 is 2.50 bits per heavy atom. The van der Waals surface area contributed by atoms with Gasteiger partial charge in [0.25, 0.3) is 0 Å². The van der Waals surface area contributed by atoms with Crippen LogP contribution in [-0.2, 0) is 0 Å². The first kappa shape index (κ1) is 9.14. The van der Waals surface area contributed by atoms with E-state index in [-0.39, 0.29) is 10.0 Å². The van der Waals surface area contributed by atoms with Gasteiger partial charge in [-0.25, -0.2) is 8.78 Å². The van der Waals surface area contributed by atoms with E-state index in [1.54, 1.807) is 0 Å². The number of nitrogens with zero attached hydrogens (tertiary/aromatic N) is 1. The molecule has 0 fully saturated rings. The maximum absolute atomic E-state index is 13.0. The molecular formula is C8H4BrF2N. The lowest BCUT2D eigenvalue weighted by Crippen LogP contribution is -1.94. The SMILES string of the molecule is Cc1cc(Br)c(F)c(C#N)c1F. The summed E-state index contributed by atoms with van der Waals surface area (Å²) in [6.07, 6.45) is 0. The smallest absolute Gasteiger partial charge is 0.158 e. The van der Waals surface area contributed by atoms with Crippen LogP contribution in [0.5, 0.6) is 0 Å². The first-order valence-electron chi connectivity index (χ1n) is 3.12. The zero-order valence-electron chi connectivity index (χ0n) is 6.16. The predicted octanol–water partition coefficient (Wildman–Crippen LogP) is 2.91. The predicted molar refractivity (Wildman–Crippen MR) is 43.5 cm³/mol. The van der Waals surface area contributed by atoms with Crippen LogP contribution >= 0.6 is 15.9 Å². The van der Waals surface area contributed by atoms with E-state index in [9.17, 15) is 8.78 Å². The van der Waals surface area contributed by atoms with E-state index in [1.807, 2.05) is 0 Å². The van der Waals surface area contributed by atoms with Crippen LogP contribution in [-0.4, -0.2) is 0 Å². The average Bonchev–Trinajstić information content (AvgIpc) is 2.02. The van der Waals surface area contributed by atoms with E-state index in [2.05, 4.69) is 15.9 Å². The molecule has 12 heavy (non-hydrogen) atoms. The molecule has 1 aromatic carbocycles. The minimum Gasteiger partial charge on any atom is -0.205 e. The molecule has 0 heterocycles. The Bertz CT molecular complexity index is 342. The monoisotopic (exact) mass is 231 g/mol. The molecule has 0 spiro atoms. The third-order valence-electron chi connectivity index (χ3n) is 1.45. The normalized spacial score (nSPS) is 9.58. The van der Waals surface area contributed by atoms with Crippen molar-refractivity contribution in [2.75, 3.05) is 0 Å². The Hall–Kier alpha value is -0.950. The van der Waals surface area contributed by atoms with Crippen molar-refractivity contribution in [1.82, 2.24) is 0 Å². The van der Waals surface area contributed by atoms with Crippen molar-refractivity contribution >= 4 is 15.9 Å². The van der Waals surface area contributed by atoms with Gasteiger partial charge in [-0.1, -0.05) is 0 Å². The molecule has 0 aliphatic rings. The summed E-state index contributed by atoms with van der Waals surface area (Å²) in [6.45, 7) is 1.47. The maximum atomic E-state index is 13.0. The van der Waals surface area contributed by atoms with Gasteiger partial charge in [-0.05, 0) is 34.5 Å². The van der Waals surface area contributed by atoms with Crippen molar-refractivity contribution in [2.24, 2.45) is 0 Å². The topological polar surface area (TPSA) is 23.8 Å². The van der Waals surface area contributed by atoms with Crippen molar-refractivity contribution in [2.45, 2.75) is 6.92 Å². The maximum Gasteiger partial charge on any atom is 0.158 e. The molecule has 0 N–H and O–H groups in total. The van der Waals surface area contributed by atoms with Crippen molar-refractivity contribution in [3.63, 3.8) is 0 Å². The Balaban J connectivity index is 3.56. The van der Waals surface area contributed by atoms with Crippen LogP contribution in [0, 0.1) is 29.9 Å². The zero-order chi connectivity index (χ0) is 9.30. The van der Waals surface area contributed by atoms with Gasteiger partial charge in [-0.3, -0.25) is 0 Å². The summed E-state index contributed by atoms with van der Waals surface area (Å²) in [5.74, 6) is -1.64. The molecule has 62 valence electrons. The van der Waals surface area contributed by atoms with Gasteiger partial charge in [0.2, 0.25) is 0 Å². The molecule has 1 rings (SSSR count). The van der Waals surface area contributed by atoms with Gasteiger partial charge in [0.15, 0.2) is 5.82 Å². The summed E-state index contributed by atoms with van der Waals surface area (Å²) < 4.78 is 26.0. The van der Waals surface area contributed by atoms with Crippen LogP contribution in [0.25, 0.3) is 0 Å². The molecule has 0 saturated heterocycles. The van der Waals surface area contributed by atoms with Crippen LogP contribution in [0.2, 0.25) is 0 Å². The lowest BCUT2D eigenvalue weighted by molar-refractivity contribution is 0.567. The molecule has 1 nitrogen and oxygen atoms in total. The van der Waals surface area contributed by atoms with Crippen molar-refractivity contribution < 1.29 is 8.78 Å². The molecule has 0 aliphatic carbocycles. The first-order valence-corrected chi connectivity index (χ1v) is 3.91.